The quantitative estimate of drug-likeness (QED) is 0.624. The zero-order valence-electron chi connectivity index (χ0n) is 13.7. The van der Waals surface area contributed by atoms with Crippen molar-refractivity contribution in [2.24, 2.45) is 11.8 Å². The van der Waals surface area contributed by atoms with Crippen molar-refractivity contribution in [1.82, 2.24) is 10.2 Å². The maximum absolute atomic E-state index is 12.3. The summed E-state index contributed by atoms with van der Waals surface area (Å²) in [4.78, 5) is 37.9. The topological polar surface area (TPSA) is 66.5 Å². The number of nitrogens with zero attached hydrogens (tertiary/aromatic N) is 1. The number of likely N-dealkylation sites (tertiary alicyclic amines) is 1. The van der Waals surface area contributed by atoms with Crippen molar-refractivity contribution < 1.29 is 14.4 Å². The third-order valence-electron chi connectivity index (χ3n) is 5.39. The van der Waals surface area contributed by atoms with Crippen molar-refractivity contribution in [3.05, 3.63) is 11.6 Å². The van der Waals surface area contributed by atoms with Crippen molar-refractivity contribution >= 4 is 17.7 Å². The average Bonchev–Trinajstić information content (AvgIpc) is 2.81. The summed E-state index contributed by atoms with van der Waals surface area (Å²) in [6.07, 6.45) is 11.5. The molecular weight excluding hydrogens is 292 g/mol. The van der Waals surface area contributed by atoms with Gasteiger partial charge in [0.05, 0.1) is 11.8 Å². The molecule has 2 aliphatic carbocycles. The summed E-state index contributed by atoms with van der Waals surface area (Å²) in [5.41, 5.74) is 1.41. The Hall–Kier alpha value is -1.65. The normalized spacial score (nSPS) is 27.7. The van der Waals surface area contributed by atoms with Gasteiger partial charge in [-0.25, -0.2) is 0 Å². The Morgan fingerprint density at radius 2 is 1.78 bits per heavy atom. The van der Waals surface area contributed by atoms with Gasteiger partial charge in [0.1, 0.15) is 6.54 Å². The summed E-state index contributed by atoms with van der Waals surface area (Å²) < 4.78 is 0. The van der Waals surface area contributed by atoms with E-state index in [0.717, 1.165) is 44.9 Å². The smallest absolute Gasteiger partial charge is 0.240 e. The first kappa shape index (κ1) is 16.2. The maximum Gasteiger partial charge on any atom is 0.240 e. The van der Waals surface area contributed by atoms with E-state index >= 15 is 0 Å². The van der Waals surface area contributed by atoms with Gasteiger partial charge in [-0.1, -0.05) is 24.5 Å². The summed E-state index contributed by atoms with van der Waals surface area (Å²) in [5.74, 6) is -0.829. The molecule has 2 fully saturated rings. The van der Waals surface area contributed by atoms with Crippen LogP contribution in [-0.4, -0.2) is 35.7 Å². The predicted octanol–water partition coefficient (Wildman–Crippen LogP) is 2.17. The van der Waals surface area contributed by atoms with Crippen molar-refractivity contribution in [2.75, 3.05) is 13.1 Å². The van der Waals surface area contributed by atoms with Crippen LogP contribution in [0.1, 0.15) is 57.8 Å². The number of nitrogens with one attached hydrogen (secondary N) is 1. The van der Waals surface area contributed by atoms with Crippen LogP contribution >= 0.6 is 0 Å². The van der Waals surface area contributed by atoms with Crippen LogP contribution in [0.3, 0.4) is 0 Å². The van der Waals surface area contributed by atoms with Crippen LogP contribution in [0.4, 0.5) is 0 Å². The highest BCUT2D eigenvalue weighted by Crippen LogP contribution is 2.37. The van der Waals surface area contributed by atoms with Crippen molar-refractivity contribution in [3.8, 4) is 0 Å². The second-order valence-electron chi connectivity index (χ2n) is 6.97. The predicted molar refractivity (Wildman–Crippen MR) is 86.3 cm³/mol. The van der Waals surface area contributed by atoms with Gasteiger partial charge in [-0.05, 0) is 44.9 Å². The second-order valence-corrected chi connectivity index (χ2v) is 6.97. The highest BCUT2D eigenvalue weighted by molar-refractivity contribution is 6.07. The average molecular weight is 318 g/mol. The molecule has 0 aromatic rings. The lowest BCUT2D eigenvalue weighted by molar-refractivity contribution is -0.143. The molecule has 0 spiro atoms. The fourth-order valence-electron chi connectivity index (χ4n) is 4.08. The minimum atomic E-state index is -0.221. The van der Waals surface area contributed by atoms with Gasteiger partial charge in [0.25, 0.3) is 0 Å². The molecule has 0 aromatic heterocycles. The Labute approximate surface area is 137 Å². The molecule has 1 aliphatic heterocycles. The molecule has 0 unspecified atom stereocenters. The Balaban J connectivity index is 1.46. The van der Waals surface area contributed by atoms with Crippen LogP contribution in [0.2, 0.25) is 0 Å². The molecule has 0 aromatic carbocycles. The standard InChI is InChI=1S/C18H26N2O3/c21-16(19-11-10-13-6-2-1-3-7-13)12-20-17(22)14-8-4-5-9-15(14)18(20)23/h6,14-15H,1-5,7-12H2,(H,19,21)/t14-,15-/m1/s1. The summed E-state index contributed by atoms with van der Waals surface area (Å²) in [7, 11) is 0. The molecule has 3 rings (SSSR count). The van der Waals surface area contributed by atoms with Crippen LogP contribution in [0.15, 0.2) is 11.6 Å². The van der Waals surface area contributed by atoms with Crippen LogP contribution in [-0.2, 0) is 14.4 Å². The monoisotopic (exact) mass is 318 g/mol. The highest BCUT2D eigenvalue weighted by atomic mass is 16.2. The zero-order chi connectivity index (χ0) is 16.2. The van der Waals surface area contributed by atoms with E-state index in [2.05, 4.69) is 11.4 Å². The highest BCUT2D eigenvalue weighted by Gasteiger charge is 2.48. The molecule has 0 radical (unpaired) electrons. The number of rotatable bonds is 5. The molecule has 1 heterocycles. The van der Waals surface area contributed by atoms with Gasteiger partial charge in [-0.3, -0.25) is 19.3 Å². The van der Waals surface area contributed by atoms with E-state index in [0.29, 0.717) is 6.54 Å². The van der Waals surface area contributed by atoms with Gasteiger partial charge in [-0.2, -0.15) is 0 Å². The molecule has 5 heteroatoms. The van der Waals surface area contributed by atoms with Crippen LogP contribution in [0, 0.1) is 11.8 Å². The first-order valence-corrected chi connectivity index (χ1v) is 8.96. The van der Waals surface area contributed by atoms with E-state index in [1.807, 2.05) is 0 Å². The molecule has 1 N–H and O–H groups in total. The fraction of sp³-hybridized carbons (Fsp3) is 0.722. The Kier molecular flexibility index (Phi) is 5.13. The zero-order valence-corrected chi connectivity index (χ0v) is 13.7. The van der Waals surface area contributed by atoms with E-state index < -0.39 is 0 Å². The van der Waals surface area contributed by atoms with E-state index in [1.165, 1.54) is 23.3 Å². The molecule has 3 aliphatic rings. The molecule has 3 amide bonds. The van der Waals surface area contributed by atoms with E-state index in [9.17, 15) is 14.4 Å². The first-order valence-electron chi connectivity index (χ1n) is 8.96. The van der Waals surface area contributed by atoms with Crippen molar-refractivity contribution in [1.29, 1.82) is 0 Å². The number of allylic oxidation sites excluding steroid dienone is 1. The largest absolute Gasteiger partial charge is 0.354 e. The summed E-state index contributed by atoms with van der Waals surface area (Å²) >= 11 is 0. The van der Waals surface area contributed by atoms with Crippen molar-refractivity contribution in [3.63, 3.8) is 0 Å². The second kappa shape index (κ2) is 7.28. The molecule has 0 bridgehead atoms. The number of carbonyl (C=O) groups is 3. The molecule has 1 saturated carbocycles. The molecule has 5 nitrogen and oxygen atoms in total. The third-order valence-corrected chi connectivity index (χ3v) is 5.39. The van der Waals surface area contributed by atoms with Crippen LogP contribution in [0.25, 0.3) is 0 Å². The lowest BCUT2D eigenvalue weighted by atomic mass is 9.81. The van der Waals surface area contributed by atoms with E-state index in [4.69, 9.17) is 0 Å². The minimum absolute atomic E-state index is 0.107. The molecule has 23 heavy (non-hydrogen) atoms. The van der Waals surface area contributed by atoms with E-state index in [1.54, 1.807) is 0 Å². The van der Waals surface area contributed by atoms with Crippen LogP contribution < -0.4 is 5.32 Å². The Morgan fingerprint density at radius 1 is 1.09 bits per heavy atom. The molecule has 1 saturated heterocycles. The molecular formula is C18H26N2O3. The number of amides is 3. The first-order chi connectivity index (χ1) is 11.2. The van der Waals surface area contributed by atoms with Gasteiger partial charge >= 0.3 is 0 Å². The lowest BCUT2D eigenvalue weighted by Gasteiger charge is -2.19. The van der Waals surface area contributed by atoms with Gasteiger partial charge in [0.15, 0.2) is 0 Å². The summed E-state index contributed by atoms with van der Waals surface area (Å²) in [6.45, 7) is 0.484. The minimum Gasteiger partial charge on any atom is -0.354 e. The molecule has 126 valence electrons. The van der Waals surface area contributed by atoms with Gasteiger partial charge in [0, 0.05) is 6.54 Å². The van der Waals surface area contributed by atoms with Gasteiger partial charge < -0.3 is 5.32 Å². The number of fused-ring (bicyclic) bond motifs is 1. The SMILES string of the molecule is O=C(CN1C(=O)[C@@H]2CCCC[C@H]2C1=O)NCCC1=CCCCC1. The number of imide groups is 1. The van der Waals surface area contributed by atoms with Crippen LogP contribution in [0.5, 0.6) is 0 Å². The Bertz CT molecular complexity index is 502. The van der Waals surface area contributed by atoms with Gasteiger partial charge in [0.2, 0.25) is 17.7 Å². The number of carbonyl (C=O) groups excluding carboxylic acids is 3. The number of hydrogen-bond acceptors (Lipinski definition) is 3. The third kappa shape index (κ3) is 3.65. The van der Waals surface area contributed by atoms with E-state index in [-0.39, 0.29) is 36.1 Å². The van der Waals surface area contributed by atoms with Crippen molar-refractivity contribution in [2.45, 2.75) is 57.8 Å². The lowest BCUT2D eigenvalue weighted by Crippen LogP contribution is -2.41. The number of hydrogen-bond donors (Lipinski definition) is 1. The summed E-state index contributed by atoms with van der Waals surface area (Å²) in [6, 6.07) is 0. The Morgan fingerprint density at radius 3 is 2.39 bits per heavy atom. The van der Waals surface area contributed by atoms with Gasteiger partial charge in [-0.15, -0.1) is 0 Å². The molecule has 2 atom stereocenters. The summed E-state index contributed by atoms with van der Waals surface area (Å²) in [5, 5.41) is 2.85. The maximum atomic E-state index is 12.3. The fourth-order valence-corrected chi connectivity index (χ4v) is 4.08.